The highest BCUT2D eigenvalue weighted by Gasteiger charge is 2.12. The normalized spacial score (nSPS) is 10.5. The van der Waals surface area contributed by atoms with Crippen LogP contribution >= 0.6 is 0 Å². The Balaban J connectivity index is 1.86. The van der Waals surface area contributed by atoms with E-state index in [0.29, 0.717) is 17.9 Å². The van der Waals surface area contributed by atoms with Crippen LogP contribution in [0.1, 0.15) is 38.8 Å². The highest BCUT2D eigenvalue weighted by Crippen LogP contribution is 2.34. The summed E-state index contributed by atoms with van der Waals surface area (Å²) in [6.07, 6.45) is 3.91. The number of hydrogen-bond acceptors (Lipinski definition) is 4. The van der Waals surface area contributed by atoms with Crippen molar-refractivity contribution in [1.29, 1.82) is 0 Å². The first-order valence-electron chi connectivity index (χ1n) is 10.8. The van der Waals surface area contributed by atoms with Crippen LogP contribution in [0.4, 0.5) is 15.9 Å². The monoisotopic (exact) mass is 430 g/mol. The van der Waals surface area contributed by atoms with Gasteiger partial charge in [0.15, 0.2) is 0 Å². The van der Waals surface area contributed by atoms with Gasteiger partial charge in [0.2, 0.25) is 0 Å². The van der Waals surface area contributed by atoms with E-state index in [9.17, 15) is 4.39 Å². The Hall–Kier alpha value is -3.47. The van der Waals surface area contributed by atoms with E-state index in [1.165, 1.54) is 5.57 Å². The van der Waals surface area contributed by atoms with Gasteiger partial charge < -0.3 is 5.32 Å². The van der Waals surface area contributed by atoms with Crippen molar-refractivity contribution in [1.82, 2.24) is 4.98 Å². The van der Waals surface area contributed by atoms with Crippen LogP contribution < -0.4 is 10.7 Å². The Labute approximate surface area is 190 Å². The Morgan fingerprint density at radius 1 is 0.938 bits per heavy atom. The third-order valence-corrected chi connectivity index (χ3v) is 5.12. The fourth-order valence-corrected chi connectivity index (χ4v) is 3.42. The van der Waals surface area contributed by atoms with Crippen molar-refractivity contribution in [2.45, 2.75) is 41.5 Å². The summed E-state index contributed by atoms with van der Waals surface area (Å²) in [6.45, 7) is 12.7. The van der Waals surface area contributed by atoms with Gasteiger partial charge in [0.05, 0.1) is 0 Å². The fourth-order valence-electron chi connectivity index (χ4n) is 3.42. The highest BCUT2D eigenvalue weighted by molar-refractivity contribution is 5.80. The molecule has 0 saturated heterocycles. The van der Waals surface area contributed by atoms with Crippen LogP contribution in [0, 0.1) is 19.7 Å². The predicted molar refractivity (Wildman–Crippen MR) is 135 cm³/mol. The fraction of sp³-hybridized carbons (Fsp3) is 0.259. The van der Waals surface area contributed by atoms with E-state index in [1.54, 1.807) is 6.07 Å². The van der Waals surface area contributed by atoms with Crippen molar-refractivity contribution in [3.05, 3.63) is 77.3 Å². The molecule has 2 aromatic carbocycles. The summed E-state index contributed by atoms with van der Waals surface area (Å²) in [4.78, 5) is 4.45. The number of nitrogens with zero attached hydrogens (tertiary/aromatic N) is 2. The molecular formula is C27H31FN4. The van der Waals surface area contributed by atoms with Crippen molar-refractivity contribution < 1.29 is 4.39 Å². The second kappa shape index (κ2) is 10.2. The SMILES string of the molecule is CC(C)=CCNc1ccc(-c2cc(C)c(-c3ccc(NN=C(C)C)nc3)cc2C)c(F)c1. The second-order valence-corrected chi connectivity index (χ2v) is 8.44. The second-order valence-electron chi connectivity index (χ2n) is 8.44. The van der Waals surface area contributed by atoms with E-state index >= 15 is 0 Å². The van der Waals surface area contributed by atoms with Crippen LogP contribution in [0.2, 0.25) is 0 Å². The average molecular weight is 431 g/mol. The molecule has 0 amide bonds. The van der Waals surface area contributed by atoms with Crippen molar-refractivity contribution in [3.8, 4) is 22.3 Å². The maximum Gasteiger partial charge on any atom is 0.146 e. The topological polar surface area (TPSA) is 49.3 Å². The molecule has 0 fully saturated rings. The van der Waals surface area contributed by atoms with Gasteiger partial charge in [0.25, 0.3) is 0 Å². The highest BCUT2D eigenvalue weighted by atomic mass is 19.1. The molecule has 0 radical (unpaired) electrons. The zero-order valence-electron chi connectivity index (χ0n) is 19.7. The summed E-state index contributed by atoms with van der Waals surface area (Å²) in [5.74, 6) is 0.465. The molecule has 0 atom stereocenters. The molecule has 3 rings (SSSR count). The molecule has 4 nitrogen and oxygen atoms in total. The number of nitrogens with one attached hydrogen (secondary N) is 2. The molecule has 0 aliphatic carbocycles. The molecule has 2 N–H and O–H groups in total. The van der Waals surface area contributed by atoms with Crippen molar-refractivity contribution >= 4 is 17.2 Å². The van der Waals surface area contributed by atoms with Gasteiger partial charge in [-0.1, -0.05) is 23.8 Å². The van der Waals surface area contributed by atoms with Crippen molar-refractivity contribution in [3.63, 3.8) is 0 Å². The number of benzene rings is 2. The molecule has 1 heterocycles. The number of allylic oxidation sites excluding steroid dienone is 1. The van der Waals surface area contributed by atoms with E-state index in [2.05, 4.69) is 39.0 Å². The molecular weight excluding hydrogens is 399 g/mol. The van der Waals surface area contributed by atoms with Crippen molar-refractivity contribution in [2.24, 2.45) is 5.10 Å². The van der Waals surface area contributed by atoms with Crippen LogP contribution in [-0.2, 0) is 0 Å². The Morgan fingerprint density at radius 2 is 1.66 bits per heavy atom. The maximum absolute atomic E-state index is 14.9. The maximum atomic E-state index is 14.9. The summed E-state index contributed by atoms with van der Waals surface area (Å²) in [7, 11) is 0. The minimum absolute atomic E-state index is 0.230. The number of hydrazone groups is 1. The van der Waals surface area contributed by atoms with Gasteiger partial charge in [-0.2, -0.15) is 5.10 Å². The minimum Gasteiger partial charge on any atom is -0.381 e. The van der Waals surface area contributed by atoms with Crippen LogP contribution in [0.25, 0.3) is 22.3 Å². The van der Waals surface area contributed by atoms with E-state index in [0.717, 1.165) is 39.2 Å². The van der Waals surface area contributed by atoms with Crippen LogP contribution in [-0.4, -0.2) is 17.2 Å². The van der Waals surface area contributed by atoms with Gasteiger partial charge in [-0.25, -0.2) is 9.37 Å². The van der Waals surface area contributed by atoms with Gasteiger partial charge in [-0.15, -0.1) is 0 Å². The van der Waals surface area contributed by atoms with Gasteiger partial charge in [0.1, 0.15) is 11.6 Å². The van der Waals surface area contributed by atoms with Crippen LogP contribution in [0.3, 0.4) is 0 Å². The zero-order chi connectivity index (χ0) is 23.3. The summed E-state index contributed by atoms with van der Waals surface area (Å²) < 4.78 is 14.9. The van der Waals surface area contributed by atoms with Gasteiger partial charge >= 0.3 is 0 Å². The minimum atomic E-state index is -0.230. The molecule has 0 saturated carbocycles. The number of anilines is 2. The van der Waals surface area contributed by atoms with Crippen molar-refractivity contribution in [2.75, 3.05) is 17.3 Å². The third kappa shape index (κ3) is 5.82. The Morgan fingerprint density at radius 3 is 2.28 bits per heavy atom. The number of rotatable bonds is 7. The molecule has 0 unspecified atom stereocenters. The first-order chi connectivity index (χ1) is 15.2. The lowest BCUT2D eigenvalue weighted by Crippen LogP contribution is -2.00. The van der Waals surface area contributed by atoms with E-state index < -0.39 is 0 Å². The van der Waals surface area contributed by atoms with E-state index in [1.807, 2.05) is 72.0 Å². The van der Waals surface area contributed by atoms with Gasteiger partial charge in [-0.3, -0.25) is 5.43 Å². The Bertz CT molecular complexity index is 1150. The lowest BCUT2D eigenvalue weighted by Gasteiger charge is -2.14. The quantitative estimate of drug-likeness (QED) is 0.234. The van der Waals surface area contributed by atoms with E-state index in [-0.39, 0.29) is 5.82 Å². The van der Waals surface area contributed by atoms with Crippen LogP contribution in [0.15, 0.2) is 65.4 Å². The first-order valence-corrected chi connectivity index (χ1v) is 10.8. The largest absolute Gasteiger partial charge is 0.381 e. The molecule has 5 heteroatoms. The first kappa shape index (κ1) is 23.2. The molecule has 3 aromatic rings. The average Bonchev–Trinajstić information content (AvgIpc) is 2.74. The summed E-state index contributed by atoms with van der Waals surface area (Å²) in [5, 5.41) is 7.41. The lowest BCUT2D eigenvalue weighted by molar-refractivity contribution is 0.631. The van der Waals surface area contributed by atoms with Gasteiger partial charge in [0, 0.05) is 35.3 Å². The molecule has 32 heavy (non-hydrogen) atoms. The predicted octanol–water partition coefficient (Wildman–Crippen LogP) is 7.36. The number of hydrogen-bond donors (Lipinski definition) is 2. The third-order valence-electron chi connectivity index (χ3n) is 5.12. The van der Waals surface area contributed by atoms with E-state index in [4.69, 9.17) is 0 Å². The molecule has 166 valence electrons. The smallest absolute Gasteiger partial charge is 0.146 e. The number of aromatic nitrogens is 1. The number of pyridine rings is 1. The molecule has 1 aromatic heterocycles. The summed E-state index contributed by atoms with van der Waals surface area (Å²) in [6, 6.07) is 13.4. The molecule has 0 spiro atoms. The molecule has 0 bridgehead atoms. The molecule has 0 aliphatic rings. The van der Waals surface area contributed by atoms with Gasteiger partial charge in [-0.05, 0) is 94.1 Å². The molecule has 0 aliphatic heterocycles. The summed E-state index contributed by atoms with van der Waals surface area (Å²) >= 11 is 0. The number of aryl methyl sites for hydroxylation is 2. The zero-order valence-corrected chi connectivity index (χ0v) is 19.7. The lowest BCUT2D eigenvalue weighted by atomic mass is 9.92. The summed E-state index contributed by atoms with van der Waals surface area (Å²) in [5.41, 5.74) is 11.6. The van der Waals surface area contributed by atoms with Crippen LogP contribution in [0.5, 0.6) is 0 Å². The Kier molecular flexibility index (Phi) is 7.41. The standard InChI is InChI=1S/C27H31FN4/c1-17(2)11-12-29-22-8-9-23(26(28)15-22)25-14-19(5)24(13-20(25)6)21-7-10-27(30-16-21)32-31-18(3)4/h7-11,13-16,29H,12H2,1-6H3,(H,30,32). The number of halogens is 1.